The first-order valence-corrected chi connectivity index (χ1v) is 11.6. The number of nitrogens with zero attached hydrogens (tertiary/aromatic N) is 2. The van der Waals surface area contributed by atoms with Gasteiger partial charge < -0.3 is 15.0 Å². The summed E-state index contributed by atoms with van der Waals surface area (Å²) < 4.78 is 5.78. The van der Waals surface area contributed by atoms with E-state index in [-0.39, 0.29) is 24.1 Å². The van der Waals surface area contributed by atoms with Gasteiger partial charge in [0.25, 0.3) is 5.91 Å². The Kier molecular flexibility index (Phi) is 6.40. The molecule has 2 aliphatic rings. The number of amides is 3. The van der Waals surface area contributed by atoms with Crippen LogP contribution in [0.2, 0.25) is 0 Å². The van der Waals surface area contributed by atoms with Gasteiger partial charge in [-0.2, -0.15) is 0 Å². The largest absolute Gasteiger partial charge is 0.491 e. The Bertz CT molecular complexity index is 1080. The summed E-state index contributed by atoms with van der Waals surface area (Å²) in [5, 5.41) is 2.94. The molecule has 33 heavy (non-hydrogen) atoms. The van der Waals surface area contributed by atoms with Crippen molar-refractivity contribution in [3.05, 3.63) is 53.6 Å². The molecular weight excluding hydrogens is 418 g/mol. The Labute approximate surface area is 194 Å². The van der Waals surface area contributed by atoms with Crippen LogP contribution < -0.4 is 15.0 Å². The first-order chi connectivity index (χ1) is 15.8. The van der Waals surface area contributed by atoms with Gasteiger partial charge in [0.15, 0.2) is 0 Å². The van der Waals surface area contributed by atoms with Gasteiger partial charge in [-0.1, -0.05) is 25.1 Å². The zero-order valence-electron chi connectivity index (χ0n) is 19.5. The summed E-state index contributed by atoms with van der Waals surface area (Å²) in [5.74, 6) is 0.475. The molecule has 2 aromatic rings. The lowest BCUT2D eigenvalue weighted by molar-refractivity contribution is -0.118. The van der Waals surface area contributed by atoms with E-state index in [9.17, 15) is 14.4 Å². The Hall–Kier alpha value is -3.35. The maximum absolute atomic E-state index is 13.3. The summed E-state index contributed by atoms with van der Waals surface area (Å²) in [7, 11) is 0. The summed E-state index contributed by atoms with van der Waals surface area (Å²) in [6.07, 6.45) is 2.63. The third-order valence-electron chi connectivity index (χ3n) is 6.40. The molecule has 0 bridgehead atoms. The molecule has 0 radical (unpaired) electrons. The highest BCUT2D eigenvalue weighted by atomic mass is 16.5. The highest BCUT2D eigenvalue weighted by molar-refractivity contribution is 6.10. The predicted octanol–water partition coefficient (Wildman–Crippen LogP) is 4.50. The molecule has 2 aliphatic heterocycles. The zero-order valence-corrected chi connectivity index (χ0v) is 19.5. The molecule has 0 aromatic heterocycles. The van der Waals surface area contributed by atoms with Crippen molar-refractivity contribution in [3.63, 3.8) is 0 Å². The number of fused-ring (bicyclic) bond motifs is 3. The second-order valence-electron chi connectivity index (χ2n) is 8.92. The molecule has 1 unspecified atom stereocenters. The Morgan fingerprint density at radius 1 is 1.18 bits per heavy atom. The molecule has 3 amide bonds. The number of ether oxygens (including phenoxy) is 1. The van der Waals surface area contributed by atoms with Crippen molar-refractivity contribution in [2.75, 3.05) is 23.4 Å². The van der Waals surface area contributed by atoms with Crippen molar-refractivity contribution in [2.45, 2.75) is 58.5 Å². The van der Waals surface area contributed by atoms with Gasteiger partial charge in [-0.25, -0.2) is 0 Å². The van der Waals surface area contributed by atoms with Crippen molar-refractivity contribution in [3.8, 4) is 5.75 Å². The molecule has 1 N–H and O–H groups in total. The maximum atomic E-state index is 13.3. The van der Waals surface area contributed by atoms with E-state index in [0.29, 0.717) is 55.1 Å². The molecule has 2 aromatic carbocycles. The van der Waals surface area contributed by atoms with E-state index in [1.54, 1.807) is 15.9 Å². The molecule has 1 saturated heterocycles. The van der Waals surface area contributed by atoms with Crippen LogP contribution in [0.15, 0.2) is 42.5 Å². The van der Waals surface area contributed by atoms with E-state index >= 15 is 0 Å². The lowest BCUT2D eigenvalue weighted by atomic mass is 9.98. The van der Waals surface area contributed by atoms with Crippen molar-refractivity contribution < 1.29 is 19.1 Å². The molecule has 4 rings (SSSR count). The zero-order chi connectivity index (χ0) is 23.6. The number of carbonyl (C=O) groups excluding carboxylic acids is 3. The van der Waals surface area contributed by atoms with Gasteiger partial charge in [-0.15, -0.1) is 0 Å². The second kappa shape index (κ2) is 9.25. The van der Waals surface area contributed by atoms with Gasteiger partial charge in [0.1, 0.15) is 11.4 Å². The van der Waals surface area contributed by atoms with Crippen LogP contribution in [0.1, 0.15) is 61.9 Å². The number of benzene rings is 2. The van der Waals surface area contributed by atoms with Crippen LogP contribution in [-0.2, 0) is 9.59 Å². The number of para-hydroxylation sites is 1. The molecule has 0 aliphatic carbocycles. The molecule has 7 nitrogen and oxygen atoms in total. The fourth-order valence-electron chi connectivity index (χ4n) is 4.72. The number of rotatable bonds is 8. The second-order valence-corrected chi connectivity index (χ2v) is 8.92. The fourth-order valence-corrected chi connectivity index (χ4v) is 4.72. The van der Waals surface area contributed by atoms with E-state index in [4.69, 9.17) is 4.74 Å². The quantitative estimate of drug-likeness (QED) is 0.644. The maximum Gasteiger partial charge on any atom is 0.257 e. The van der Waals surface area contributed by atoms with Crippen LogP contribution in [0.5, 0.6) is 5.75 Å². The summed E-state index contributed by atoms with van der Waals surface area (Å²) in [5.41, 5.74) is 2.23. The summed E-state index contributed by atoms with van der Waals surface area (Å²) in [6, 6.07) is 13.0. The smallest absolute Gasteiger partial charge is 0.257 e. The van der Waals surface area contributed by atoms with Gasteiger partial charge in [0, 0.05) is 19.4 Å². The van der Waals surface area contributed by atoms with Gasteiger partial charge in [0.2, 0.25) is 11.8 Å². The minimum Gasteiger partial charge on any atom is -0.491 e. The molecule has 0 spiro atoms. The molecular formula is C26H31N3O4. The van der Waals surface area contributed by atoms with E-state index in [0.717, 1.165) is 12.0 Å². The van der Waals surface area contributed by atoms with Crippen molar-refractivity contribution in [1.29, 1.82) is 0 Å². The van der Waals surface area contributed by atoms with Crippen molar-refractivity contribution in [2.24, 2.45) is 0 Å². The van der Waals surface area contributed by atoms with Gasteiger partial charge in [0.05, 0.1) is 23.5 Å². The third-order valence-corrected chi connectivity index (χ3v) is 6.40. The summed E-state index contributed by atoms with van der Waals surface area (Å²) >= 11 is 0. The average Bonchev–Trinajstić information content (AvgIpc) is 3.11. The Morgan fingerprint density at radius 2 is 1.97 bits per heavy atom. The Morgan fingerprint density at radius 3 is 2.76 bits per heavy atom. The van der Waals surface area contributed by atoms with Crippen molar-refractivity contribution >= 4 is 29.1 Å². The van der Waals surface area contributed by atoms with E-state index in [2.05, 4.69) is 5.32 Å². The molecule has 1 fully saturated rings. The first kappa shape index (κ1) is 22.8. The monoisotopic (exact) mass is 449 g/mol. The molecule has 2 heterocycles. The molecule has 7 heteroatoms. The van der Waals surface area contributed by atoms with Gasteiger partial charge in [-0.3, -0.25) is 19.3 Å². The van der Waals surface area contributed by atoms with Crippen LogP contribution in [-0.4, -0.2) is 41.4 Å². The van der Waals surface area contributed by atoms with Crippen LogP contribution in [0.4, 0.5) is 11.4 Å². The summed E-state index contributed by atoms with van der Waals surface area (Å²) in [4.78, 5) is 42.1. The number of anilines is 2. The van der Waals surface area contributed by atoms with Crippen LogP contribution in [0, 0.1) is 6.92 Å². The average molecular weight is 450 g/mol. The number of hydrogen-bond donors (Lipinski definition) is 1. The lowest BCUT2D eigenvalue weighted by Crippen LogP contribution is -2.62. The lowest BCUT2D eigenvalue weighted by Gasteiger charge is -2.48. The normalized spacial score (nSPS) is 19.4. The number of aryl methyl sites for hydroxylation is 1. The van der Waals surface area contributed by atoms with Crippen LogP contribution in [0.25, 0.3) is 0 Å². The van der Waals surface area contributed by atoms with Gasteiger partial charge in [-0.05, 0) is 62.9 Å². The standard InChI is InChI=1S/C26H31N3O4/c1-4-16-33-22-17-18(2)11-12-20(22)27-23(30)10-7-15-28-25(32)19-8-5-6-9-21(19)29-24(31)13-14-26(28,29)3/h5-6,8-9,11-12,17H,4,7,10,13-16H2,1-3H3,(H,27,30). The highest BCUT2D eigenvalue weighted by Gasteiger charge is 2.52. The molecule has 1 atom stereocenters. The first-order valence-electron chi connectivity index (χ1n) is 11.6. The molecule has 174 valence electrons. The fraction of sp³-hybridized carbons (Fsp3) is 0.423. The number of carbonyl (C=O) groups is 3. The van der Waals surface area contributed by atoms with Crippen molar-refractivity contribution in [1.82, 2.24) is 4.90 Å². The number of hydrogen-bond acceptors (Lipinski definition) is 4. The topological polar surface area (TPSA) is 79.0 Å². The third kappa shape index (κ3) is 4.32. The van der Waals surface area contributed by atoms with Crippen LogP contribution >= 0.6 is 0 Å². The molecule has 0 saturated carbocycles. The van der Waals surface area contributed by atoms with E-state index in [1.807, 2.05) is 57.2 Å². The SMILES string of the molecule is CCCOc1cc(C)ccc1NC(=O)CCCN1C(=O)c2ccccc2N2C(=O)CCC12C. The minimum absolute atomic E-state index is 0.0270. The van der Waals surface area contributed by atoms with Gasteiger partial charge >= 0.3 is 0 Å². The van der Waals surface area contributed by atoms with Crippen LogP contribution in [0.3, 0.4) is 0 Å². The predicted molar refractivity (Wildman–Crippen MR) is 127 cm³/mol. The summed E-state index contributed by atoms with van der Waals surface area (Å²) in [6.45, 7) is 6.94. The highest BCUT2D eigenvalue weighted by Crippen LogP contribution is 2.44. The Balaban J connectivity index is 1.43. The minimum atomic E-state index is -0.697. The van der Waals surface area contributed by atoms with E-state index < -0.39 is 5.66 Å². The number of nitrogens with one attached hydrogen (secondary N) is 1. The van der Waals surface area contributed by atoms with E-state index in [1.165, 1.54) is 0 Å².